The Hall–Kier alpha value is -1.02. The van der Waals surface area contributed by atoms with Crippen LogP contribution in [-0.2, 0) is 4.79 Å². The molecule has 2 nitrogen and oxygen atoms in total. The van der Waals surface area contributed by atoms with E-state index in [9.17, 15) is 4.79 Å². The van der Waals surface area contributed by atoms with Crippen molar-refractivity contribution < 1.29 is 4.79 Å². The first-order chi connectivity index (χ1) is 10.0. The van der Waals surface area contributed by atoms with Gasteiger partial charge in [-0.05, 0) is 23.8 Å². The highest BCUT2D eigenvalue weighted by Crippen LogP contribution is 2.27. The van der Waals surface area contributed by atoms with Crippen LogP contribution in [0.2, 0.25) is 0 Å². The highest BCUT2D eigenvalue weighted by atomic mass is 35.5. The average molecular weight is 310 g/mol. The van der Waals surface area contributed by atoms with Gasteiger partial charge in [0.25, 0.3) is 0 Å². The molecule has 0 bridgehead atoms. The van der Waals surface area contributed by atoms with Crippen molar-refractivity contribution in [2.45, 2.75) is 52.5 Å². The molecule has 0 radical (unpaired) electrons. The highest BCUT2D eigenvalue weighted by molar-refractivity contribution is 6.17. The maximum absolute atomic E-state index is 12.8. The van der Waals surface area contributed by atoms with E-state index in [0.29, 0.717) is 17.7 Å². The summed E-state index contributed by atoms with van der Waals surface area (Å²) in [5.74, 6) is 1.31. The lowest BCUT2D eigenvalue weighted by Crippen LogP contribution is -2.42. The van der Waals surface area contributed by atoms with E-state index >= 15 is 0 Å². The molecule has 3 heteroatoms. The number of nitrogens with one attached hydrogen (secondary N) is 1. The van der Waals surface area contributed by atoms with Crippen molar-refractivity contribution in [1.82, 2.24) is 5.32 Å². The molecule has 0 aliphatic carbocycles. The van der Waals surface area contributed by atoms with Crippen LogP contribution in [-0.4, -0.2) is 17.8 Å². The van der Waals surface area contributed by atoms with Crippen LogP contribution in [0.25, 0.3) is 0 Å². The van der Waals surface area contributed by atoms with Gasteiger partial charge < -0.3 is 5.32 Å². The van der Waals surface area contributed by atoms with E-state index in [4.69, 9.17) is 11.6 Å². The molecule has 0 spiro atoms. The smallest absolute Gasteiger partial charge is 0.228 e. The van der Waals surface area contributed by atoms with Crippen molar-refractivity contribution in [3.05, 3.63) is 35.9 Å². The molecule has 0 saturated carbocycles. The Labute approximate surface area is 134 Å². The van der Waals surface area contributed by atoms with Gasteiger partial charge in [0.2, 0.25) is 5.91 Å². The summed E-state index contributed by atoms with van der Waals surface area (Å²) in [5, 5.41) is 3.21. The highest BCUT2D eigenvalue weighted by Gasteiger charge is 2.28. The summed E-state index contributed by atoms with van der Waals surface area (Å²) in [5.41, 5.74) is 1.10. The molecule has 0 aliphatic rings. The SMILES string of the molecule is CCC(C)C(C(=O)NC(CCCl)C(C)C)c1ccccc1. The maximum Gasteiger partial charge on any atom is 0.228 e. The maximum atomic E-state index is 12.8. The van der Waals surface area contributed by atoms with Crippen molar-refractivity contribution >= 4 is 17.5 Å². The van der Waals surface area contributed by atoms with Crippen LogP contribution in [0.1, 0.15) is 52.0 Å². The van der Waals surface area contributed by atoms with Crippen LogP contribution in [0.5, 0.6) is 0 Å². The molecule has 0 aromatic heterocycles. The van der Waals surface area contributed by atoms with Crippen molar-refractivity contribution in [2.24, 2.45) is 11.8 Å². The Morgan fingerprint density at radius 1 is 1.19 bits per heavy atom. The van der Waals surface area contributed by atoms with Gasteiger partial charge >= 0.3 is 0 Å². The molecule has 1 N–H and O–H groups in total. The predicted molar refractivity (Wildman–Crippen MR) is 90.7 cm³/mol. The van der Waals surface area contributed by atoms with E-state index in [1.54, 1.807) is 0 Å². The first-order valence-corrected chi connectivity index (χ1v) is 8.45. The Kier molecular flexibility index (Phi) is 7.81. The largest absolute Gasteiger partial charge is 0.353 e. The molecule has 118 valence electrons. The molecule has 3 atom stereocenters. The lowest BCUT2D eigenvalue weighted by atomic mass is 9.84. The van der Waals surface area contributed by atoms with E-state index < -0.39 is 0 Å². The van der Waals surface area contributed by atoms with Gasteiger partial charge in [-0.1, -0.05) is 64.4 Å². The second-order valence-corrected chi connectivity index (χ2v) is 6.49. The Morgan fingerprint density at radius 2 is 1.81 bits per heavy atom. The molecular weight excluding hydrogens is 282 g/mol. The van der Waals surface area contributed by atoms with Crippen molar-refractivity contribution in [2.75, 3.05) is 5.88 Å². The van der Waals surface area contributed by atoms with Crippen LogP contribution >= 0.6 is 11.6 Å². The molecule has 21 heavy (non-hydrogen) atoms. The number of alkyl halides is 1. The standard InChI is InChI=1S/C18H28ClNO/c1-5-14(4)17(15-9-7-6-8-10-15)18(21)20-16(11-12-19)13(2)3/h6-10,13-14,16-17H,5,11-12H2,1-4H3,(H,20,21). The number of amides is 1. The van der Waals surface area contributed by atoms with Gasteiger partial charge in [-0.25, -0.2) is 0 Å². The van der Waals surface area contributed by atoms with Gasteiger partial charge in [0.05, 0.1) is 5.92 Å². The van der Waals surface area contributed by atoms with Crippen LogP contribution < -0.4 is 5.32 Å². The summed E-state index contributed by atoms with van der Waals surface area (Å²) >= 11 is 5.86. The van der Waals surface area contributed by atoms with Crippen LogP contribution in [0.15, 0.2) is 30.3 Å². The normalized spacial score (nSPS) is 15.5. The molecule has 0 heterocycles. The van der Waals surface area contributed by atoms with Crippen LogP contribution in [0.3, 0.4) is 0 Å². The lowest BCUT2D eigenvalue weighted by molar-refractivity contribution is -0.124. The summed E-state index contributed by atoms with van der Waals surface area (Å²) in [6.45, 7) is 8.52. The second kappa shape index (κ2) is 9.09. The predicted octanol–water partition coefficient (Wildman–Crippen LogP) is 4.59. The molecule has 0 aliphatic heterocycles. The molecule has 1 amide bonds. The number of benzene rings is 1. The molecule has 0 fully saturated rings. The topological polar surface area (TPSA) is 29.1 Å². The van der Waals surface area contributed by atoms with E-state index in [2.05, 4.69) is 33.0 Å². The zero-order valence-electron chi connectivity index (χ0n) is 13.6. The monoisotopic (exact) mass is 309 g/mol. The number of hydrogen-bond donors (Lipinski definition) is 1. The first-order valence-electron chi connectivity index (χ1n) is 7.92. The molecule has 3 unspecified atom stereocenters. The van der Waals surface area contributed by atoms with Crippen molar-refractivity contribution in [3.63, 3.8) is 0 Å². The number of carbonyl (C=O) groups is 1. The average Bonchev–Trinajstić information content (AvgIpc) is 2.47. The van der Waals surface area contributed by atoms with Gasteiger partial charge in [0.15, 0.2) is 0 Å². The number of hydrogen-bond acceptors (Lipinski definition) is 1. The zero-order valence-corrected chi connectivity index (χ0v) is 14.4. The Balaban J connectivity index is 2.91. The second-order valence-electron chi connectivity index (χ2n) is 6.11. The van der Waals surface area contributed by atoms with E-state index in [1.165, 1.54) is 0 Å². The fourth-order valence-electron chi connectivity index (χ4n) is 2.60. The molecular formula is C18H28ClNO. The third-order valence-corrected chi connectivity index (χ3v) is 4.42. The minimum absolute atomic E-state index is 0.0900. The Morgan fingerprint density at radius 3 is 2.29 bits per heavy atom. The third kappa shape index (κ3) is 5.35. The van der Waals surface area contributed by atoms with E-state index in [-0.39, 0.29) is 17.9 Å². The van der Waals surface area contributed by atoms with E-state index in [1.807, 2.05) is 30.3 Å². The summed E-state index contributed by atoms with van der Waals surface area (Å²) in [6.07, 6.45) is 1.79. The van der Waals surface area contributed by atoms with Crippen molar-refractivity contribution in [1.29, 1.82) is 0 Å². The van der Waals surface area contributed by atoms with Gasteiger partial charge in [0, 0.05) is 11.9 Å². The summed E-state index contributed by atoms with van der Waals surface area (Å²) in [6, 6.07) is 10.2. The fraction of sp³-hybridized carbons (Fsp3) is 0.611. The first kappa shape index (κ1) is 18.0. The van der Waals surface area contributed by atoms with Gasteiger partial charge in [-0.2, -0.15) is 0 Å². The third-order valence-electron chi connectivity index (χ3n) is 4.21. The summed E-state index contributed by atoms with van der Waals surface area (Å²) in [4.78, 5) is 12.8. The zero-order chi connectivity index (χ0) is 15.8. The number of rotatable bonds is 8. The lowest BCUT2D eigenvalue weighted by Gasteiger charge is -2.28. The summed E-state index contributed by atoms with van der Waals surface area (Å²) < 4.78 is 0. The molecule has 1 rings (SSSR count). The molecule has 1 aromatic carbocycles. The Bertz CT molecular complexity index is 418. The quantitative estimate of drug-likeness (QED) is 0.699. The molecule has 0 saturated heterocycles. The summed E-state index contributed by atoms with van der Waals surface area (Å²) in [7, 11) is 0. The molecule has 1 aromatic rings. The van der Waals surface area contributed by atoms with Crippen LogP contribution in [0, 0.1) is 11.8 Å². The number of carbonyl (C=O) groups excluding carboxylic acids is 1. The van der Waals surface area contributed by atoms with E-state index in [0.717, 1.165) is 18.4 Å². The van der Waals surface area contributed by atoms with Gasteiger partial charge in [0.1, 0.15) is 0 Å². The fourth-order valence-corrected chi connectivity index (χ4v) is 2.83. The minimum Gasteiger partial charge on any atom is -0.353 e. The van der Waals surface area contributed by atoms with Crippen molar-refractivity contribution in [3.8, 4) is 0 Å². The minimum atomic E-state index is -0.0900. The van der Waals surface area contributed by atoms with Gasteiger partial charge in [-0.15, -0.1) is 11.6 Å². The van der Waals surface area contributed by atoms with Crippen LogP contribution in [0.4, 0.5) is 0 Å². The number of halogens is 1. The van der Waals surface area contributed by atoms with Gasteiger partial charge in [-0.3, -0.25) is 4.79 Å².